The Morgan fingerprint density at radius 3 is 2.20 bits per heavy atom. The molecule has 110 valence electrons. The molecule has 2 rings (SSSR count). The Morgan fingerprint density at radius 1 is 1.25 bits per heavy atom. The number of ether oxygens (including phenoxy) is 2. The Morgan fingerprint density at radius 2 is 1.80 bits per heavy atom. The van der Waals surface area contributed by atoms with Crippen LogP contribution in [0.4, 0.5) is 0 Å². The number of halogens is 2. The monoisotopic (exact) mass is 404 g/mol. The summed E-state index contributed by atoms with van der Waals surface area (Å²) in [6, 6.07) is 3.50. The van der Waals surface area contributed by atoms with Gasteiger partial charge in [0.25, 0.3) is 0 Å². The number of hydrogen-bond donors (Lipinski definition) is 0. The Bertz CT molecular complexity index is 515. The topological polar surface area (TPSA) is 35.5 Å². The van der Waals surface area contributed by atoms with Crippen LogP contribution in [0.2, 0.25) is 0 Å². The maximum Gasteiger partial charge on any atom is 0.150 e. The van der Waals surface area contributed by atoms with Crippen LogP contribution in [0.15, 0.2) is 21.1 Å². The van der Waals surface area contributed by atoms with E-state index in [-0.39, 0.29) is 17.3 Å². The number of benzene rings is 1. The molecule has 1 unspecified atom stereocenters. The van der Waals surface area contributed by atoms with Crippen LogP contribution >= 0.6 is 31.9 Å². The van der Waals surface area contributed by atoms with Crippen molar-refractivity contribution >= 4 is 38.1 Å². The van der Waals surface area contributed by atoms with Crippen molar-refractivity contribution in [1.29, 1.82) is 0 Å². The molecule has 1 aromatic carbocycles. The van der Waals surface area contributed by atoms with Crippen molar-refractivity contribution in [3.8, 4) is 5.75 Å². The fourth-order valence-electron chi connectivity index (χ4n) is 2.60. The van der Waals surface area contributed by atoms with Gasteiger partial charge in [0.2, 0.25) is 0 Å². The summed E-state index contributed by atoms with van der Waals surface area (Å²) in [5, 5.41) is 0. The first-order valence-electron chi connectivity index (χ1n) is 6.46. The quantitative estimate of drug-likeness (QED) is 0.680. The van der Waals surface area contributed by atoms with Gasteiger partial charge in [-0.3, -0.25) is 4.79 Å². The van der Waals surface area contributed by atoms with Crippen LogP contribution < -0.4 is 4.74 Å². The molecule has 1 saturated heterocycles. The fourth-order valence-corrected chi connectivity index (χ4v) is 4.01. The van der Waals surface area contributed by atoms with Crippen LogP contribution in [-0.4, -0.2) is 23.6 Å². The molecule has 20 heavy (non-hydrogen) atoms. The van der Waals surface area contributed by atoms with Gasteiger partial charge in [-0.05, 0) is 71.7 Å². The third-order valence-corrected chi connectivity index (χ3v) is 4.59. The minimum absolute atomic E-state index is 0.0489. The van der Waals surface area contributed by atoms with Crippen LogP contribution in [0.25, 0.3) is 0 Å². The SMILES string of the molecule is CC1(C)CC(Oc2c(Br)cc(C=O)cc2Br)C(C)(C)O1. The van der Waals surface area contributed by atoms with Gasteiger partial charge in [0.15, 0.2) is 0 Å². The minimum Gasteiger partial charge on any atom is -0.485 e. The van der Waals surface area contributed by atoms with Gasteiger partial charge in [-0.2, -0.15) is 0 Å². The molecule has 0 saturated carbocycles. The summed E-state index contributed by atoms with van der Waals surface area (Å²) in [6.45, 7) is 8.21. The lowest BCUT2D eigenvalue weighted by Crippen LogP contribution is -2.36. The molecule has 0 amide bonds. The van der Waals surface area contributed by atoms with Gasteiger partial charge in [0.1, 0.15) is 23.7 Å². The average Bonchev–Trinajstić information content (AvgIpc) is 2.51. The fraction of sp³-hybridized carbons (Fsp3) is 0.533. The van der Waals surface area contributed by atoms with E-state index in [2.05, 4.69) is 45.7 Å². The zero-order chi connectivity index (χ0) is 15.1. The largest absolute Gasteiger partial charge is 0.485 e. The Labute approximate surface area is 136 Å². The van der Waals surface area contributed by atoms with E-state index in [1.807, 2.05) is 13.8 Å². The smallest absolute Gasteiger partial charge is 0.150 e. The number of carbonyl (C=O) groups excluding carboxylic acids is 1. The molecule has 0 N–H and O–H groups in total. The van der Waals surface area contributed by atoms with Crippen LogP contribution in [-0.2, 0) is 4.74 Å². The highest BCUT2D eigenvalue weighted by Gasteiger charge is 2.47. The second kappa shape index (κ2) is 5.43. The van der Waals surface area contributed by atoms with Crippen LogP contribution in [0.5, 0.6) is 5.75 Å². The third kappa shape index (κ3) is 3.26. The van der Waals surface area contributed by atoms with E-state index in [1.165, 1.54) is 0 Å². The van der Waals surface area contributed by atoms with E-state index in [0.717, 1.165) is 21.7 Å². The number of carbonyl (C=O) groups is 1. The van der Waals surface area contributed by atoms with E-state index in [0.29, 0.717) is 11.3 Å². The standard InChI is InChI=1S/C15H18Br2O3/c1-14(2)7-12(15(3,4)20-14)19-13-10(16)5-9(8-18)6-11(13)17/h5-6,8,12H,7H2,1-4H3. The second-order valence-corrected chi connectivity index (χ2v) is 7.92. The minimum atomic E-state index is -0.355. The lowest BCUT2D eigenvalue weighted by molar-refractivity contribution is -0.0847. The Balaban J connectivity index is 2.29. The summed E-state index contributed by atoms with van der Waals surface area (Å²) < 4.78 is 13.7. The summed E-state index contributed by atoms with van der Waals surface area (Å²) in [5.74, 6) is 0.704. The van der Waals surface area contributed by atoms with E-state index >= 15 is 0 Å². The van der Waals surface area contributed by atoms with Crippen molar-refractivity contribution in [2.75, 3.05) is 0 Å². The van der Waals surface area contributed by atoms with E-state index in [1.54, 1.807) is 12.1 Å². The molecule has 1 aliphatic rings. The lowest BCUT2D eigenvalue weighted by Gasteiger charge is -2.28. The molecule has 3 nitrogen and oxygen atoms in total. The zero-order valence-corrected chi connectivity index (χ0v) is 15.2. The first-order valence-corrected chi connectivity index (χ1v) is 8.04. The van der Waals surface area contributed by atoms with Crippen molar-refractivity contribution < 1.29 is 14.3 Å². The highest BCUT2D eigenvalue weighted by atomic mass is 79.9. The van der Waals surface area contributed by atoms with Gasteiger partial charge >= 0.3 is 0 Å². The molecule has 1 aliphatic heterocycles. The highest BCUT2D eigenvalue weighted by molar-refractivity contribution is 9.11. The molecule has 1 fully saturated rings. The molecule has 0 radical (unpaired) electrons. The molecule has 1 atom stereocenters. The Kier molecular flexibility index (Phi) is 4.34. The maximum atomic E-state index is 10.9. The van der Waals surface area contributed by atoms with Gasteiger partial charge in [-0.25, -0.2) is 0 Å². The van der Waals surface area contributed by atoms with Crippen molar-refractivity contribution in [3.05, 3.63) is 26.6 Å². The first kappa shape index (κ1) is 16.0. The van der Waals surface area contributed by atoms with Gasteiger partial charge in [-0.15, -0.1) is 0 Å². The number of hydrogen-bond acceptors (Lipinski definition) is 3. The van der Waals surface area contributed by atoms with Crippen molar-refractivity contribution in [1.82, 2.24) is 0 Å². The number of aldehydes is 1. The Hall–Kier alpha value is -0.390. The summed E-state index contributed by atoms with van der Waals surface area (Å²) in [5.41, 5.74) is 0.0417. The normalized spacial score (nSPS) is 23.6. The second-order valence-electron chi connectivity index (χ2n) is 6.21. The molecular formula is C15H18Br2O3. The lowest BCUT2D eigenvalue weighted by atomic mass is 9.97. The van der Waals surface area contributed by atoms with E-state index < -0.39 is 0 Å². The van der Waals surface area contributed by atoms with Gasteiger partial charge in [0.05, 0.1) is 14.5 Å². The zero-order valence-electron chi connectivity index (χ0n) is 12.0. The van der Waals surface area contributed by atoms with Crippen LogP contribution in [0.1, 0.15) is 44.5 Å². The highest BCUT2D eigenvalue weighted by Crippen LogP contribution is 2.43. The predicted molar refractivity (Wildman–Crippen MR) is 85.5 cm³/mol. The molecule has 0 aliphatic carbocycles. The molecule has 5 heteroatoms. The summed E-state index contributed by atoms with van der Waals surface area (Å²) in [7, 11) is 0. The number of rotatable bonds is 3. The molecule has 0 bridgehead atoms. The average molecular weight is 406 g/mol. The first-order chi connectivity index (χ1) is 9.14. The molecule has 1 aromatic rings. The van der Waals surface area contributed by atoms with E-state index in [4.69, 9.17) is 9.47 Å². The van der Waals surface area contributed by atoms with Crippen molar-refractivity contribution in [3.63, 3.8) is 0 Å². The van der Waals surface area contributed by atoms with Crippen molar-refractivity contribution in [2.24, 2.45) is 0 Å². The van der Waals surface area contributed by atoms with Crippen LogP contribution in [0.3, 0.4) is 0 Å². The molecule has 0 spiro atoms. The van der Waals surface area contributed by atoms with Gasteiger partial charge in [-0.1, -0.05) is 0 Å². The predicted octanol–water partition coefficient (Wildman–Crippen LogP) is 4.75. The molecular weight excluding hydrogens is 388 g/mol. The van der Waals surface area contributed by atoms with Gasteiger partial charge in [0, 0.05) is 12.0 Å². The van der Waals surface area contributed by atoms with Crippen molar-refractivity contribution in [2.45, 2.75) is 51.4 Å². The van der Waals surface area contributed by atoms with Gasteiger partial charge < -0.3 is 9.47 Å². The molecule has 1 heterocycles. The van der Waals surface area contributed by atoms with E-state index in [9.17, 15) is 4.79 Å². The maximum absolute atomic E-state index is 10.9. The summed E-state index contributed by atoms with van der Waals surface area (Å²) in [4.78, 5) is 10.9. The molecule has 0 aromatic heterocycles. The summed E-state index contributed by atoms with van der Waals surface area (Å²) >= 11 is 6.91. The third-order valence-electron chi connectivity index (χ3n) is 3.41. The van der Waals surface area contributed by atoms with Crippen LogP contribution in [0, 0.1) is 0 Å². The summed E-state index contributed by atoms with van der Waals surface area (Å²) in [6.07, 6.45) is 1.58.